The van der Waals surface area contributed by atoms with Crippen molar-refractivity contribution >= 4 is 21.7 Å². The number of nitrogens with zero attached hydrogens (tertiary/aromatic N) is 1. The van der Waals surface area contributed by atoms with E-state index in [2.05, 4.69) is 21.1 Å². The summed E-state index contributed by atoms with van der Waals surface area (Å²) in [5, 5.41) is 3.53. The molecule has 0 fully saturated rings. The lowest BCUT2D eigenvalue weighted by Crippen LogP contribution is -1.92. The lowest BCUT2D eigenvalue weighted by atomic mass is 10.1. The van der Waals surface area contributed by atoms with Gasteiger partial charge in [0.05, 0.1) is 16.6 Å². The van der Waals surface area contributed by atoms with Crippen LogP contribution < -0.4 is 5.73 Å². The molecule has 0 spiro atoms. The second-order valence-electron chi connectivity index (χ2n) is 3.49. The Morgan fingerprint density at radius 1 is 1.47 bits per heavy atom. The van der Waals surface area contributed by atoms with Crippen molar-refractivity contribution in [3.05, 3.63) is 34.1 Å². The molecule has 0 unspecified atom stereocenters. The Bertz CT molecular complexity index is 542. The molecule has 17 heavy (non-hydrogen) atoms. The topological polar surface area (TPSA) is 61.3 Å². The zero-order valence-corrected chi connectivity index (χ0v) is 10.6. The minimum absolute atomic E-state index is 0.215. The summed E-state index contributed by atoms with van der Waals surface area (Å²) >= 11 is 3.15. The number of benzene rings is 1. The molecule has 0 saturated carbocycles. The van der Waals surface area contributed by atoms with E-state index in [-0.39, 0.29) is 5.82 Å². The number of hydrogen-bond donors (Lipinski definition) is 1. The number of aromatic nitrogens is 1. The van der Waals surface area contributed by atoms with E-state index < -0.39 is 5.82 Å². The fraction of sp³-hybridized carbons (Fsp3) is 0.182. The standard InChI is InChI=1S/C11H10BrFN2O2/c1-16-5-6-2-7(11(13)8(12)3-6)9-4-10(14)15-17-9/h2-4H,5H2,1H3,(H2,14,15). The summed E-state index contributed by atoms with van der Waals surface area (Å²) in [6.45, 7) is 0.384. The molecule has 0 aliphatic heterocycles. The largest absolute Gasteiger partial charge is 0.381 e. The number of halogens is 2. The van der Waals surface area contributed by atoms with E-state index >= 15 is 0 Å². The highest BCUT2D eigenvalue weighted by Gasteiger charge is 2.14. The second kappa shape index (κ2) is 4.85. The number of methoxy groups -OCH3 is 1. The maximum absolute atomic E-state index is 13.9. The summed E-state index contributed by atoms with van der Waals surface area (Å²) in [6.07, 6.45) is 0. The van der Waals surface area contributed by atoms with Crippen LogP contribution in [0.15, 0.2) is 27.2 Å². The van der Waals surface area contributed by atoms with Gasteiger partial charge in [0.25, 0.3) is 0 Å². The Balaban J connectivity index is 2.52. The van der Waals surface area contributed by atoms with Crippen LogP contribution in [-0.2, 0) is 11.3 Å². The van der Waals surface area contributed by atoms with Crippen molar-refractivity contribution in [1.29, 1.82) is 0 Å². The molecule has 2 rings (SSSR count). The minimum Gasteiger partial charge on any atom is -0.381 e. The van der Waals surface area contributed by atoms with Gasteiger partial charge in [-0.05, 0) is 33.6 Å². The van der Waals surface area contributed by atoms with Crippen molar-refractivity contribution in [2.24, 2.45) is 0 Å². The maximum atomic E-state index is 13.9. The molecule has 2 N–H and O–H groups in total. The van der Waals surface area contributed by atoms with Crippen molar-refractivity contribution in [1.82, 2.24) is 5.16 Å². The van der Waals surface area contributed by atoms with Crippen LogP contribution in [0.1, 0.15) is 5.56 Å². The zero-order valence-electron chi connectivity index (χ0n) is 9.04. The first kappa shape index (κ1) is 12.1. The average molecular weight is 301 g/mol. The van der Waals surface area contributed by atoms with Gasteiger partial charge in [-0.2, -0.15) is 0 Å². The van der Waals surface area contributed by atoms with Crippen LogP contribution in [0.2, 0.25) is 0 Å². The third-order valence-electron chi connectivity index (χ3n) is 2.19. The highest BCUT2D eigenvalue weighted by molar-refractivity contribution is 9.10. The highest BCUT2D eigenvalue weighted by atomic mass is 79.9. The van der Waals surface area contributed by atoms with E-state index in [1.807, 2.05) is 0 Å². The van der Waals surface area contributed by atoms with Crippen molar-refractivity contribution in [2.45, 2.75) is 6.61 Å². The summed E-state index contributed by atoms with van der Waals surface area (Å²) in [4.78, 5) is 0. The van der Waals surface area contributed by atoms with Gasteiger partial charge in [0, 0.05) is 13.2 Å². The second-order valence-corrected chi connectivity index (χ2v) is 4.34. The molecular formula is C11H10BrFN2O2. The number of nitrogens with two attached hydrogens (primary N) is 1. The molecular weight excluding hydrogens is 291 g/mol. The minimum atomic E-state index is -0.416. The summed E-state index contributed by atoms with van der Waals surface area (Å²) in [5.41, 5.74) is 6.56. The normalized spacial score (nSPS) is 10.8. The van der Waals surface area contributed by atoms with Gasteiger partial charge in [0.1, 0.15) is 5.82 Å². The van der Waals surface area contributed by atoms with E-state index in [0.29, 0.717) is 22.4 Å². The molecule has 0 saturated heterocycles. The van der Waals surface area contributed by atoms with Gasteiger partial charge in [-0.25, -0.2) is 4.39 Å². The lowest BCUT2D eigenvalue weighted by molar-refractivity contribution is 0.185. The van der Waals surface area contributed by atoms with Crippen LogP contribution in [-0.4, -0.2) is 12.3 Å². The molecule has 1 aromatic carbocycles. The molecule has 0 aliphatic carbocycles. The van der Waals surface area contributed by atoms with Crippen LogP contribution in [0.5, 0.6) is 0 Å². The van der Waals surface area contributed by atoms with E-state index in [4.69, 9.17) is 15.0 Å². The van der Waals surface area contributed by atoms with Crippen molar-refractivity contribution in [3.8, 4) is 11.3 Å². The molecule has 0 bridgehead atoms. The monoisotopic (exact) mass is 300 g/mol. The van der Waals surface area contributed by atoms with Crippen LogP contribution in [0.3, 0.4) is 0 Å². The number of nitrogen functional groups attached to an aromatic ring is 1. The first-order valence-corrected chi connectivity index (χ1v) is 5.60. The van der Waals surface area contributed by atoms with Gasteiger partial charge in [-0.15, -0.1) is 0 Å². The van der Waals surface area contributed by atoms with E-state index in [9.17, 15) is 4.39 Å². The average Bonchev–Trinajstić information content (AvgIpc) is 2.70. The fourth-order valence-corrected chi connectivity index (χ4v) is 2.00. The Morgan fingerprint density at radius 3 is 2.82 bits per heavy atom. The Hall–Kier alpha value is -1.40. The third kappa shape index (κ3) is 2.48. The predicted octanol–water partition coefficient (Wildman–Crippen LogP) is 2.97. The third-order valence-corrected chi connectivity index (χ3v) is 2.77. The molecule has 4 nitrogen and oxygen atoms in total. The predicted molar refractivity (Wildman–Crippen MR) is 64.7 cm³/mol. The van der Waals surface area contributed by atoms with Gasteiger partial charge in [-0.1, -0.05) is 5.16 Å². The van der Waals surface area contributed by atoms with Gasteiger partial charge in [-0.3, -0.25) is 0 Å². The molecule has 2 aromatic rings. The number of hydrogen-bond acceptors (Lipinski definition) is 4. The number of anilines is 1. The molecule has 1 heterocycles. The molecule has 0 aliphatic rings. The van der Waals surface area contributed by atoms with Gasteiger partial charge in [0.15, 0.2) is 11.6 Å². The van der Waals surface area contributed by atoms with E-state index in [1.165, 1.54) is 6.07 Å². The van der Waals surface area contributed by atoms with Crippen molar-refractivity contribution in [3.63, 3.8) is 0 Å². The van der Waals surface area contributed by atoms with Crippen LogP contribution in [0.25, 0.3) is 11.3 Å². The Morgan fingerprint density at radius 2 is 2.24 bits per heavy atom. The van der Waals surface area contributed by atoms with E-state index in [1.54, 1.807) is 19.2 Å². The van der Waals surface area contributed by atoms with Crippen molar-refractivity contribution in [2.75, 3.05) is 12.8 Å². The molecule has 0 radical (unpaired) electrons. The molecule has 1 aromatic heterocycles. The first-order chi connectivity index (χ1) is 8.11. The van der Waals surface area contributed by atoms with Crippen LogP contribution in [0.4, 0.5) is 10.2 Å². The SMILES string of the molecule is COCc1cc(Br)c(F)c(-c2cc(N)no2)c1. The highest BCUT2D eigenvalue weighted by Crippen LogP contribution is 2.30. The lowest BCUT2D eigenvalue weighted by Gasteiger charge is -2.05. The summed E-state index contributed by atoms with van der Waals surface area (Å²) in [5.74, 6) is 0.0901. The van der Waals surface area contributed by atoms with E-state index in [0.717, 1.165) is 5.56 Å². The number of rotatable bonds is 3. The molecule has 6 heteroatoms. The fourth-order valence-electron chi connectivity index (χ4n) is 1.49. The quantitative estimate of drug-likeness (QED) is 0.946. The Labute approximate surface area is 106 Å². The summed E-state index contributed by atoms with van der Waals surface area (Å²) < 4.78 is 24.2. The zero-order chi connectivity index (χ0) is 12.4. The summed E-state index contributed by atoms with van der Waals surface area (Å²) in [7, 11) is 1.57. The summed E-state index contributed by atoms with van der Waals surface area (Å²) in [6, 6.07) is 4.77. The number of ether oxygens (including phenoxy) is 1. The molecule has 0 atom stereocenters. The Kier molecular flexibility index (Phi) is 3.44. The van der Waals surface area contributed by atoms with Gasteiger partial charge in [0.2, 0.25) is 0 Å². The maximum Gasteiger partial charge on any atom is 0.172 e. The van der Waals surface area contributed by atoms with Gasteiger partial charge >= 0.3 is 0 Å². The molecule has 0 amide bonds. The van der Waals surface area contributed by atoms with Crippen LogP contribution in [0, 0.1) is 5.82 Å². The van der Waals surface area contributed by atoms with Crippen molar-refractivity contribution < 1.29 is 13.7 Å². The smallest absolute Gasteiger partial charge is 0.172 e. The van der Waals surface area contributed by atoms with Gasteiger partial charge < -0.3 is 15.0 Å². The van der Waals surface area contributed by atoms with Crippen LogP contribution >= 0.6 is 15.9 Å². The molecule has 90 valence electrons. The first-order valence-electron chi connectivity index (χ1n) is 4.81.